The van der Waals surface area contributed by atoms with Crippen molar-refractivity contribution in [2.45, 2.75) is 44.2 Å². The number of amides is 1. The molecule has 4 nitrogen and oxygen atoms in total. The van der Waals surface area contributed by atoms with Gasteiger partial charge in [0, 0.05) is 31.6 Å². The molecule has 0 aromatic rings. The number of likely N-dealkylation sites (N-methyl/N-ethyl adjacent to an activating group) is 1. The number of nitrogens with one attached hydrogen (secondary N) is 2. The summed E-state index contributed by atoms with van der Waals surface area (Å²) in [6.07, 6.45) is 5.66. The largest absolute Gasteiger partial charge is 0.355 e. The second-order valence-electron chi connectivity index (χ2n) is 5.06. The number of nitrogens with zero attached hydrogens (tertiary/aromatic N) is 1. The molecule has 1 unspecified atom stereocenters. The molecule has 2 rings (SSSR count). The van der Waals surface area contributed by atoms with Gasteiger partial charge in [0.25, 0.3) is 0 Å². The summed E-state index contributed by atoms with van der Waals surface area (Å²) < 4.78 is 0. The van der Waals surface area contributed by atoms with E-state index in [1.54, 1.807) is 0 Å². The van der Waals surface area contributed by atoms with Crippen LogP contribution in [0.25, 0.3) is 0 Å². The molecule has 0 aromatic heterocycles. The molecule has 1 amide bonds. The van der Waals surface area contributed by atoms with E-state index in [-0.39, 0.29) is 30.7 Å². The molecule has 108 valence electrons. The summed E-state index contributed by atoms with van der Waals surface area (Å²) in [5.74, 6) is 0.198. The minimum atomic E-state index is 0. The predicted octanol–water partition coefficient (Wildman–Crippen LogP) is 1.18. The highest BCUT2D eigenvalue weighted by Gasteiger charge is 2.25. The predicted molar refractivity (Wildman–Crippen MR) is 78.8 cm³/mol. The minimum absolute atomic E-state index is 0. The summed E-state index contributed by atoms with van der Waals surface area (Å²) in [5.41, 5.74) is 0. The van der Waals surface area contributed by atoms with Crippen molar-refractivity contribution in [1.82, 2.24) is 15.5 Å². The molecule has 1 heterocycles. The van der Waals surface area contributed by atoms with Crippen LogP contribution in [0.5, 0.6) is 0 Å². The average molecular weight is 298 g/mol. The zero-order chi connectivity index (χ0) is 11.4. The lowest BCUT2D eigenvalue weighted by Crippen LogP contribution is -2.36. The number of rotatable bonds is 6. The lowest BCUT2D eigenvalue weighted by Gasteiger charge is -2.16. The van der Waals surface area contributed by atoms with Crippen LogP contribution in [0.3, 0.4) is 0 Å². The molecule has 6 heteroatoms. The molecule has 18 heavy (non-hydrogen) atoms. The van der Waals surface area contributed by atoms with Crippen molar-refractivity contribution in [3.63, 3.8) is 0 Å². The first-order valence-electron chi connectivity index (χ1n) is 6.46. The van der Waals surface area contributed by atoms with E-state index in [9.17, 15) is 4.79 Å². The van der Waals surface area contributed by atoms with Crippen molar-refractivity contribution in [3.8, 4) is 0 Å². The molecule has 2 fully saturated rings. The molecule has 1 saturated carbocycles. The fourth-order valence-electron chi connectivity index (χ4n) is 2.30. The fourth-order valence-corrected chi connectivity index (χ4v) is 2.30. The van der Waals surface area contributed by atoms with Gasteiger partial charge in [0.1, 0.15) is 0 Å². The average Bonchev–Trinajstić information content (AvgIpc) is 2.99. The Kier molecular flexibility index (Phi) is 8.95. The molecule has 1 aliphatic heterocycles. The van der Waals surface area contributed by atoms with Crippen LogP contribution in [0.1, 0.15) is 32.1 Å². The SMILES string of the molecule is CN(CCNC(=O)CC1CCCN1)C1CC1.Cl.Cl. The maximum atomic E-state index is 11.6. The molecule has 0 aromatic carbocycles. The van der Waals surface area contributed by atoms with Gasteiger partial charge >= 0.3 is 0 Å². The van der Waals surface area contributed by atoms with Crippen LogP contribution in [-0.4, -0.2) is 49.6 Å². The summed E-state index contributed by atoms with van der Waals surface area (Å²) in [6.45, 7) is 2.84. The zero-order valence-corrected chi connectivity index (χ0v) is 12.6. The van der Waals surface area contributed by atoms with Crippen LogP contribution in [0.2, 0.25) is 0 Å². The Morgan fingerprint density at radius 2 is 2.06 bits per heavy atom. The van der Waals surface area contributed by atoms with Gasteiger partial charge in [-0.05, 0) is 39.3 Å². The summed E-state index contributed by atoms with van der Waals surface area (Å²) >= 11 is 0. The van der Waals surface area contributed by atoms with Gasteiger partial charge in [-0.15, -0.1) is 24.8 Å². The van der Waals surface area contributed by atoms with Gasteiger partial charge < -0.3 is 15.5 Å². The van der Waals surface area contributed by atoms with Gasteiger partial charge in [0.2, 0.25) is 5.91 Å². The molecule has 1 aliphatic carbocycles. The summed E-state index contributed by atoms with van der Waals surface area (Å²) in [4.78, 5) is 13.9. The Morgan fingerprint density at radius 3 is 2.61 bits per heavy atom. The third-order valence-corrected chi connectivity index (χ3v) is 3.55. The molecule has 1 atom stereocenters. The van der Waals surface area contributed by atoms with Crippen LogP contribution in [0, 0.1) is 0 Å². The van der Waals surface area contributed by atoms with Gasteiger partial charge in [0.15, 0.2) is 0 Å². The number of carbonyl (C=O) groups is 1. The van der Waals surface area contributed by atoms with E-state index in [0.29, 0.717) is 12.5 Å². The number of halogens is 2. The lowest BCUT2D eigenvalue weighted by atomic mass is 10.1. The smallest absolute Gasteiger partial charge is 0.221 e. The van der Waals surface area contributed by atoms with Crippen LogP contribution in [0.15, 0.2) is 0 Å². The molecular formula is C12H25Cl2N3O. The maximum absolute atomic E-state index is 11.6. The van der Waals surface area contributed by atoms with Crippen molar-refractivity contribution in [2.24, 2.45) is 0 Å². The van der Waals surface area contributed by atoms with Crippen LogP contribution in [0.4, 0.5) is 0 Å². The standard InChI is InChI=1S/C12H23N3O.2ClH/c1-15(11-4-5-11)8-7-14-12(16)9-10-3-2-6-13-10;;/h10-11,13H,2-9H2,1H3,(H,14,16);2*1H. The van der Waals surface area contributed by atoms with E-state index in [4.69, 9.17) is 0 Å². The molecule has 1 saturated heterocycles. The summed E-state index contributed by atoms with van der Waals surface area (Å²) in [6, 6.07) is 1.20. The highest BCUT2D eigenvalue weighted by molar-refractivity contribution is 5.85. The highest BCUT2D eigenvalue weighted by Crippen LogP contribution is 2.24. The Labute approximate surface area is 122 Å². The number of hydrogen-bond acceptors (Lipinski definition) is 3. The third-order valence-electron chi connectivity index (χ3n) is 3.55. The second-order valence-corrected chi connectivity index (χ2v) is 5.06. The van der Waals surface area contributed by atoms with Crippen molar-refractivity contribution in [1.29, 1.82) is 0 Å². The van der Waals surface area contributed by atoms with E-state index < -0.39 is 0 Å². The summed E-state index contributed by atoms with van der Waals surface area (Å²) in [5, 5.41) is 6.35. The van der Waals surface area contributed by atoms with Crippen molar-refractivity contribution >= 4 is 30.7 Å². The molecular weight excluding hydrogens is 273 g/mol. The summed E-state index contributed by atoms with van der Waals surface area (Å²) in [7, 11) is 2.14. The van der Waals surface area contributed by atoms with Gasteiger partial charge in [-0.3, -0.25) is 4.79 Å². The van der Waals surface area contributed by atoms with E-state index >= 15 is 0 Å². The van der Waals surface area contributed by atoms with E-state index in [1.807, 2.05) is 0 Å². The monoisotopic (exact) mass is 297 g/mol. The first-order valence-corrected chi connectivity index (χ1v) is 6.46. The van der Waals surface area contributed by atoms with Crippen molar-refractivity contribution in [2.75, 3.05) is 26.7 Å². The fraction of sp³-hybridized carbons (Fsp3) is 0.917. The first kappa shape index (κ1) is 18.0. The van der Waals surface area contributed by atoms with Crippen LogP contribution >= 0.6 is 24.8 Å². The zero-order valence-electron chi connectivity index (χ0n) is 11.0. The quantitative estimate of drug-likeness (QED) is 0.774. The van der Waals surface area contributed by atoms with Gasteiger partial charge in [-0.2, -0.15) is 0 Å². The van der Waals surface area contributed by atoms with Gasteiger partial charge in [-0.1, -0.05) is 0 Å². The second kappa shape index (κ2) is 8.97. The van der Waals surface area contributed by atoms with Crippen molar-refractivity contribution in [3.05, 3.63) is 0 Å². The van der Waals surface area contributed by atoms with Crippen LogP contribution < -0.4 is 10.6 Å². The number of carbonyl (C=O) groups excluding carboxylic acids is 1. The Morgan fingerprint density at radius 1 is 1.33 bits per heavy atom. The Balaban J connectivity index is 0.00000144. The highest BCUT2D eigenvalue weighted by atomic mass is 35.5. The molecule has 0 bridgehead atoms. The molecule has 2 N–H and O–H groups in total. The van der Waals surface area contributed by atoms with Gasteiger partial charge in [0.05, 0.1) is 0 Å². The van der Waals surface area contributed by atoms with E-state index in [2.05, 4.69) is 22.6 Å². The van der Waals surface area contributed by atoms with Gasteiger partial charge in [-0.25, -0.2) is 0 Å². The Hall–Kier alpha value is -0.0300. The number of hydrogen-bond donors (Lipinski definition) is 2. The Bertz CT molecular complexity index is 243. The topological polar surface area (TPSA) is 44.4 Å². The van der Waals surface area contributed by atoms with Crippen molar-refractivity contribution < 1.29 is 4.79 Å². The van der Waals surface area contributed by atoms with Crippen LogP contribution in [-0.2, 0) is 4.79 Å². The first-order chi connectivity index (χ1) is 7.75. The normalized spacial score (nSPS) is 22.2. The van der Waals surface area contributed by atoms with E-state index in [1.165, 1.54) is 19.3 Å². The van der Waals surface area contributed by atoms with E-state index in [0.717, 1.165) is 32.1 Å². The molecule has 0 spiro atoms. The maximum Gasteiger partial charge on any atom is 0.221 e. The lowest BCUT2D eigenvalue weighted by molar-refractivity contribution is -0.121. The molecule has 2 aliphatic rings. The minimum Gasteiger partial charge on any atom is -0.355 e. The third kappa shape index (κ3) is 6.23. The molecule has 0 radical (unpaired) electrons.